The van der Waals surface area contributed by atoms with Crippen LogP contribution in [0.2, 0.25) is 10.0 Å². The molecule has 0 radical (unpaired) electrons. The number of carbonyl (C=O) groups is 1. The van der Waals surface area contributed by atoms with Crippen LogP contribution in [-0.2, 0) is 18.0 Å². The van der Waals surface area contributed by atoms with E-state index in [0.717, 1.165) is 15.6 Å². The third-order valence-corrected chi connectivity index (χ3v) is 6.53. The van der Waals surface area contributed by atoms with Gasteiger partial charge >= 0.3 is 0 Å². The lowest BCUT2D eigenvalue weighted by Gasteiger charge is -2.11. The number of nitrogens with zero attached hydrogens (tertiary/aromatic N) is 1. The molecule has 0 atom stereocenters. The molecule has 0 bridgehead atoms. The zero-order chi connectivity index (χ0) is 26.9. The summed E-state index contributed by atoms with van der Waals surface area (Å²) in [7, 11) is 0. The van der Waals surface area contributed by atoms with Gasteiger partial charge in [0, 0.05) is 31.3 Å². The quantitative estimate of drug-likeness (QED) is 0.153. The summed E-state index contributed by atoms with van der Waals surface area (Å²) in [6.07, 6.45) is 1.51. The number of carbonyl (C=O) groups excluding carboxylic acids is 1. The van der Waals surface area contributed by atoms with Gasteiger partial charge in [-0.05, 0) is 66.2 Å². The molecule has 4 rings (SSSR count). The SMILES string of the molecule is N#C/C(=C\c1ccccc1OCc1ccc(Br)cc1)C(=O)Nc1ccc(OCc2ccc(Cl)cc2Cl)cc1. The van der Waals surface area contributed by atoms with E-state index in [0.29, 0.717) is 39.4 Å². The van der Waals surface area contributed by atoms with Crippen molar-refractivity contribution in [2.24, 2.45) is 0 Å². The van der Waals surface area contributed by atoms with Crippen LogP contribution in [0.1, 0.15) is 16.7 Å². The molecule has 1 amide bonds. The zero-order valence-electron chi connectivity index (χ0n) is 20.0. The molecule has 4 aromatic rings. The maximum atomic E-state index is 12.8. The number of rotatable bonds is 9. The highest BCUT2D eigenvalue weighted by molar-refractivity contribution is 9.10. The first kappa shape index (κ1) is 27.3. The van der Waals surface area contributed by atoms with E-state index < -0.39 is 5.91 Å². The number of hydrogen-bond acceptors (Lipinski definition) is 4. The third kappa shape index (κ3) is 7.62. The molecule has 38 heavy (non-hydrogen) atoms. The van der Waals surface area contributed by atoms with Crippen LogP contribution in [-0.4, -0.2) is 5.91 Å². The van der Waals surface area contributed by atoms with E-state index in [-0.39, 0.29) is 12.2 Å². The Balaban J connectivity index is 1.39. The van der Waals surface area contributed by atoms with Gasteiger partial charge in [-0.2, -0.15) is 5.26 Å². The summed E-state index contributed by atoms with van der Waals surface area (Å²) >= 11 is 15.5. The van der Waals surface area contributed by atoms with Crippen LogP contribution in [0.4, 0.5) is 5.69 Å². The fraction of sp³-hybridized carbons (Fsp3) is 0.0667. The number of amides is 1. The summed E-state index contributed by atoms with van der Waals surface area (Å²) in [5.74, 6) is 0.636. The van der Waals surface area contributed by atoms with E-state index in [2.05, 4.69) is 21.2 Å². The molecule has 1 N–H and O–H groups in total. The standard InChI is InChI=1S/C30H21BrCl2N2O3/c31-24-8-5-20(6-9-24)18-38-29-4-2-1-3-21(29)15-23(17-34)30(36)35-26-11-13-27(14-12-26)37-19-22-7-10-25(32)16-28(22)33/h1-16H,18-19H2,(H,35,36)/b23-15+. The zero-order valence-corrected chi connectivity index (χ0v) is 23.1. The average molecular weight is 608 g/mol. The second kappa shape index (κ2) is 13.2. The van der Waals surface area contributed by atoms with Gasteiger partial charge in [-0.15, -0.1) is 0 Å². The van der Waals surface area contributed by atoms with Crippen molar-refractivity contribution >= 4 is 56.8 Å². The Morgan fingerprint density at radius 1 is 0.921 bits per heavy atom. The predicted octanol–water partition coefficient (Wildman–Crippen LogP) is 8.46. The van der Waals surface area contributed by atoms with Gasteiger partial charge in [0.25, 0.3) is 5.91 Å². The first-order valence-corrected chi connectivity index (χ1v) is 13.0. The van der Waals surface area contributed by atoms with Crippen LogP contribution >= 0.6 is 39.1 Å². The van der Waals surface area contributed by atoms with E-state index in [1.54, 1.807) is 54.6 Å². The third-order valence-electron chi connectivity index (χ3n) is 5.41. The molecule has 190 valence electrons. The van der Waals surface area contributed by atoms with Crippen LogP contribution in [0.25, 0.3) is 6.08 Å². The second-order valence-electron chi connectivity index (χ2n) is 8.13. The normalized spacial score (nSPS) is 10.9. The highest BCUT2D eigenvalue weighted by atomic mass is 79.9. The van der Waals surface area contributed by atoms with Gasteiger partial charge in [-0.1, -0.05) is 75.5 Å². The molecule has 0 fully saturated rings. The smallest absolute Gasteiger partial charge is 0.266 e. The molecule has 0 heterocycles. The lowest BCUT2D eigenvalue weighted by atomic mass is 10.1. The minimum Gasteiger partial charge on any atom is -0.489 e. The fourth-order valence-corrected chi connectivity index (χ4v) is 4.14. The Morgan fingerprint density at radius 3 is 2.37 bits per heavy atom. The van der Waals surface area contributed by atoms with Gasteiger partial charge in [-0.3, -0.25) is 4.79 Å². The molecule has 0 spiro atoms. The van der Waals surface area contributed by atoms with Crippen LogP contribution in [0, 0.1) is 11.3 Å². The Hall–Kier alpha value is -3.76. The van der Waals surface area contributed by atoms with Crippen LogP contribution < -0.4 is 14.8 Å². The number of ether oxygens (including phenoxy) is 2. The number of benzene rings is 4. The molecule has 0 aliphatic heterocycles. The first-order chi connectivity index (χ1) is 18.4. The predicted molar refractivity (Wildman–Crippen MR) is 154 cm³/mol. The summed E-state index contributed by atoms with van der Waals surface area (Å²) < 4.78 is 12.7. The highest BCUT2D eigenvalue weighted by Gasteiger charge is 2.12. The van der Waals surface area contributed by atoms with E-state index >= 15 is 0 Å². The van der Waals surface area contributed by atoms with Crippen molar-refractivity contribution < 1.29 is 14.3 Å². The lowest BCUT2D eigenvalue weighted by molar-refractivity contribution is -0.112. The number of para-hydroxylation sites is 1. The van der Waals surface area contributed by atoms with Crippen LogP contribution in [0.5, 0.6) is 11.5 Å². The van der Waals surface area contributed by atoms with E-state index in [9.17, 15) is 10.1 Å². The van der Waals surface area contributed by atoms with Gasteiger partial charge in [0.1, 0.15) is 36.4 Å². The summed E-state index contributed by atoms with van der Waals surface area (Å²) in [5.41, 5.74) is 2.89. The van der Waals surface area contributed by atoms with Crippen LogP contribution in [0.15, 0.2) is 101 Å². The van der Waals surface area contributed by atoms with Crippen molar-refractivity contribution in [3.63, 3.8) is 0 Å². The number of nitriles is 1. The Labute approximate surface area is 239 Å². The van der Waals surface area contributed by atoms with Crippen LogP contribution in [0.3, 0.4) is 0 Å². The number of hydrogen-bond donors (Lipinski definition) is 1. The van der Waals surface area contributed by atoms with Gasteiger partial charge in [0.2, 0.25) is 0 Å². The van der Waals surface area contributed by atoms with Gasteiger partial charge in [0.05, 0.1) is 0 Å². The van der Waals surface area contributed by atoms with Crippen molar-refractivity contribution in [3.8, 4) is 17.6 Å². The summed E-state index contributed by atoms with van der Waals surface area (Å²) in [5, 5.41) is 13.5. The molecule has 0 aliphatic rings. The van der Waals surface area contributed by atoms with E-state index in [1.165, 1.54) is 6.08 Å². The Morgan fingerprint density at radius 2 is 1.66 bits per heavy atom. The van der Waals surface area contributed by atoms with Crippen molar-refractivity contribution in [2.45, 2.75) is 13.2 Å². The monoisotopic (exact) mass is 606 g/mol. The van der Waals surface area contributed by atoms with Crippen molar-refractivity contribution in [1.29, 1.82) is 5.26 Å². The Kier molecular flexibility index (Phi) is 9.45. The molecule has 0 unspecified atom stereocenters. The lowest BCUT2D eigenvalue weighted by Crippen LogP contribution is -2.13. The molecule has 8 heteroatoms. The number of nitrogens with one attached hydrogen (secondary N) is 1. The van der Waals surface area contributed by atoms with Crippen molar-refractivity contribution in [1.82, 2.24) is 0 Å². The molecular formula is C30H21BrCl2N2O3. The summed E-state index contributed by atoms with van der Waals surface area (Å²) in [6.45, 7) is 0.622. The minimum atomic E-state index is -0.531. The van der Waals surface area contributed by atoms with Gasteiger partial charge in [-0.25, -0.2) is 0 Å². The molecule has 0 saturated carbocycles. The highest BCUT2D eigenvalue weighted by Crippen LogP contribution is 2.25. The molecule has 4 aromatic carbocycles. The maximum absolute atomic E-state index is 12.8. The number of anilines is 1. The maximum Gasteiger partial charge on any atom is 0.266 e. The second-order valence-corrected chi connectivity index (χ2v) is 9.89. The molecule has 5 nitrogen and oxygen atoms in total. The van der Waals surface area contributed by atoms with Gasteiger partial charge < -0.3 is 14.8 Å². The van der Waals surface area contributed by atoms with Gasteiger partial charge in [0.15, 0.2) is 0 Å². The average Bonchev–Trinajstić information content (AvgIpc) is 2.92. The first-order valence-electron chi connectivity index (χ1n) is 11.5. The van der Waals surface area contributed by atoms with E-state index in [4.69, 9.17) is 32.7 Å². The largest absolute Gasteiger partial charge is 0.489 e. The fourth-order valence-electron chi connectivity index (χ4n) is 3.41. The molecule has 0 aliphatic carbocycles. The van der Waals surface area contributed by atoms with Crippen molar-refractivity contribution in [2.75, 3.05) is 5.32 Å². The summed E-state index contributed by atoms with van der Waals surface area (Å²) in [6, 6.07) is 29.1. The van der Waals surface area contributed by atoms with E-state index in [1.807, 2.05) is 42.5 Å². The topological polar surface area (TPSA) is 71.3 Å². The minimum absolute atomic E-state index is 0.0533. The molecular weight excluding hydrogens is 587 g/mol. The van der Waals surface area contributed by atoms with Crippen molar-refractivity contribution in [3.05, 3.63) is 128 Å². The Bertz CT molecular complexity index is 1500. The molecule has 0 saturated heterocycles. The summed E-state index contributed by atoms with van der Waals surface area (Å²) in [4.78, 5) is 12.8. The number of halogens is 3. The molecule has 0 aromatic heterocycles.